The Balaban J connectivity index is 1.85. The molecule has 7 heteroatoms. The molecule has 0 bridgehead atoms. The predicted octanol–water partition coefficient (Wildman–Crippen LogP) is 1.71. The zero-order valence-corrected chi connectivity index (χ0v) is 11.4. The lowest BCUT2D eigenvalue weighted by molar-refractivity contribution is -0.136. The summed E-state index contributed by atoms with van der Waals surface area (Å²) in [6, 6.07) is 3.77. The van der Waals surface area contributed by atoms with Crippen molar-refractivity contribution in [2.45, 2.75) is 18.9 Å². The lowest BCUT2D eigenvalue weighted by Crippen LogP contribution is -2.39. The summed E-state index contributed by atoms with van der Waals surface area (Å²) < 4.78 is 18.8. The van der Waals surface area contributed by atoms with Crippen LogP contribution >= 0.6 is 11.6 Å². The molecule has 0 aliphatic carbocycles. The van der Waals surface area contributed by atoms with Gasteiger partial charge >= 0.3 is 11.8 Å². The fourth-order valence-corrected chi connectivity index (χ4v) is 2.02. The number of carbonyl (C=O) groups is 2. The topological polar surface area (TPSA) is 67.4 Å². The van der Waals surface area contributed by atoms with Crippen molar-refractivity contribution < 1.29 is 18.7 Å². The smallest absolute Gasteiger partial charge is 0.313 e. The van der Waals surface area contributed by atoms with E-state index in [2.05, 4.69) is 10.6 Å². The standard InChI is InChI=1S/C13H14ClFN2O3/c14-8-3-4-11(10(15)6-8)17-13(19)12(18)16-7-9-2-1-5-20-9/h3-4,6,9H,1-2,5,7H2,(H,16,18)(H,17,19)/t9-/m0/s1. The molecular weight excluding hydrogens is 287 g/mol. The second-order valence-corrected chi connectivity index (χ2v) is 4.86. The minimum absolute atomic E-state index is 0.0565. The van der Waals surface area contributed by atoms with Crippen LogP contribution in [0.2, 0.25) is 5.02 Å². The summed E-state index contributed by atoms with van der Waals surface area (Å²) in [6.07, 6.45) is 1.75. The van der Waals surface area contributed by atoms with Crippen molar-refractivity contribution in [1.82, 2.24) is 5.32 Å². The lowest BCUT2D eigenvalue weighted by atomic mass is 10.2. The van der Waals surface area contributed by atoms with Gasteiger partial charge in [0.1, 0.15) is 5.82 Å². The van der Waals surface area contributed by atoms with Gasteiger partial charge in [0.05, 0.1) is 11.8 Å². The second kappa shape index (κ2) is 6.67. The van der Waals surface area contributed by atoms with Gasteiger partial charge in [-0.15, -0.1) is 0 Å². The van der Waals surface area contributed by atoms with E-state index in [-0.39, 0.29) is 23.4 Å². The molecule has 1 aliphatic heterocycles. The van der Waals surface area contributed by atoms with E-state index in [1.807, 2.05) is 0 Å². The Labute approximate surface area is 120 Å². The van der Waals surface area contributed by atoms with Crippen LogP contribution in [0, 0.1) is 5.82 Å². The highest BCUT2D eigenvalue weighted by molar-refractivity contribution is 6.39. The van der Waals surface area contributed by atoms with E-state index in [1.54, 1.807) is 0 Å². The van der Waals surface area contributed by atoms with Crippen molar-refractivity contribution in [1.29, 1.82) is 0 Å². The molecule has 20 heavy (non-hydrogen) atoms. The van der Waals surface area contributed by atoms with Gasteiger partial charge in [0.15, 0.2) is 0 Å². The highest BCUT2D eigenvalue weighted by Gasteiger charge is 2.20. The Morgan fingerprint density at radius 3 is 2.85 bits per heavy atom. The average Bonchev–Trinajstić information content (AvgIpc) is 2.92. The van der Waals surface area contributed by atoms with Gasteiger partial charge in [-0.2, -0.15) is 0 Å². The molecule has 0 unspecified atom stereocenters. The lowest BCUT2D eigenvalue weighted by Gasteiger charge is -2.11. The molecule has 1 fully saturated rings. The summed E-state index contributed by atoms with van der Waals surface area (Å²) in [5.74, 6) is -2.45. The van der Waals surface area contributed by atoms with Crippen molar-refractivity contribution in [3.05, 3.63) is 29.0 Å². The molecule has 1 atom stereocenters. The average molecular weight is 301 g/mol. The first-order chi connectivity index (χ1) is 9.56. The number of rotatable bonds is 3. The van der Waals surface area contributed by atoms with Crippen LogP contribution in [-0.4, -0.2) is 31.1 Å². The van der Waals surface area contributed by atoms with Crippen molar-refractivity contribution >= 4 is 29.1 Å². The number of hydrogen-bond acceptors (Lipinski definition) is 3. The quantitative estimate of drug-likeness (QED) is 0.835. The van der Waals surface area contributed by atoms with Gasteiger partial charge in [0.25, 0.3) is 0 Å². The number of hydrogen-bond donors (Lipinski definition) is 2. The second-order valence-electron chi connectivity index (χ2n) is 4.42. The SMILES string of the molecule is O=C(NC[C@@H]1CCCO1)C(=O)Nc1ccc(Cl)cc1F. The summed E-state index contributed by atoms with van der Waals surface area (Å²) in [6.45, 7) is 0.943. The number of amides is 2. The maximum atomic E-state index is 13.5. The summed E-state index contributed by atoms with van der Waals surface area (Å²) >= 11 is 5.59. The molecular formula is C13H14ClFN2O3. The van der Waals surface area contributed by atoms with Crippen LogP contribution in [0.1, 0.15) is 12.8 Å². The Morgan fingerprint density at radius 1 is 1.40 bits per heavy atom. The van der Waals surface area contributed by atoms with Crippen LogP contribution in [0.4, 0.5) is 10.1 Å². The van der Waals surface area contributed by atoms with Crippen molar-refractivity contribution in [2.24, 2.45) is 0 Å². The summed E-state index contributed by atoms with van der Waals surface area (Å²) in [5, 5.41) is 4.85. The summed E-state index contributed by atoms with van der Waals surface area (Å²) in [4.78, 5) is 23.1. The molecule has 108 valence electrons. The number of benzene rings is 1. The number of carbonyl (C=O) groups excluding carboxylic acids is 2. The van der Waals surface area contributed by atoms with Gasteiger partial charge in [-0.1, -0.05) is 11.6 Å². The third-order valence-electron chi connectivity index (χ3n) is 2.90. The van der Waals surface area contributed by atoms with Crippen LogP contribution in [-0.2, 0) is 14.3 Å². The molecule has 0 saturated carbocycles. The molecule has 1 heterocycles. The number of anilines is 1. The first-order valence-electron chi connectivity index (χ1n) is 6.22. The molecule has 0 spiro atoms. The van der Waals surface area contributed by atoms with E-state index in [9.17, 15) is 14.0 Å². The number of halogens is 2. The zero-order valence-electron chi connectivity index (χ0n) is 10.6. The van der Waals surface area contributed by atoms with Gasteiger partial charge in [-0.25, -0.2) is 4.39 Å². The fraction of sp³-hybridized carbons (Fsp3) is 0.385. The van der Waals surface area contributed by atoms with E-state index in [0.29, 0.717) is 6.61 Å². The van der Waals surface area contributed by atoms with E-state index in [1.165, 1.54) is 12.1 Å². The summed E-state index contributed by atoms with van der Waals surface area (Å²) in [7, 11) is 0. The van der Waals surface area contributed by atoms with Crippen molar-refractivity contribution in [3.63, 3.8) is 0 Å². The molecule has 1 aliphatic rings. The number of nitrogens with one attached hydrogen (secondary N) is 2. The van der Waals surface area contributed by atoms with Gasteiger partial charge in [-0.05, 0) is 31.0 Å². The monoisotopic (exact) mass is 300 g/mol. The Morgan fingerprint density at radius 2 is 2.20 bits per heavy atom. The first kappa shape index (κ1) is 14.7. The summed E-state index contributed by atoms with van der Waals surface area (Å²) in [5.41, 5.74) is -0.0910. The van der Waals surface area contributed by atoms with Gasteiger partial charge in [-0.3, -0.25) is 9.59 Å². The largest absolute Gasteiger partial charge is 0.376 e. The van der Waals surface area contributed by atoms with Crippen LogP contribution < -0.4 is 10.6 Å². The minimum Gasteiger partial charge on any atom is -0.376 e. The zero-order chi connectivity index (χ0) is 14.5. The predicted molar refractivity (Wildman–Crippen MR) is 72.0 cm³/mol. The molecule has 1 aromatic carbocycles. The molecule has 1 aromatic rings. The van der Waals surface area contributed by atoms with Gasteiger partial charge in [0.2, 0.25) is 0 Å². The maximum absolute atomic E-state index is 13.5. The molecule has 2 amide bonds. The third kappa shape index (κ3) is 3.91. The Bertz CT molecular complexity index is 518. The van der Waals surface area contributed by atoms with Gasteiger partial charge < -0.3 is 15.4 Å². The Hall–Kier alpha value is -1.66. The normalized spacial score (nSPS) is 17.8. The number of ether oxygens (including phenoxy) is 1. The maximum Gasteiger partial charge on any atom is 0.313 e. The molecule has 5 nitrogen and oxygen atoms in total. The molecule has 0 radical (unpaired) electrons. The first-order valence-corrected chi connectivity index (χ1v) is 6.60. The molecule has 1 saturated heterocycles. The third-order valence-corrected chi connectivity index (χ3v) is 3.13. The minimum atomic E-state index is -0.927. The van der Waals surface area contributed by atoms with Crippen LogP contribution in [0.5, 0.6) is 0 Å². The van der Waals surface area contributed by atoms with E-state index in [0.717, 1.165) is 18.9 Å². The van der Waals surface area contributed by atoms with Crippen LogP contribution in [0.15, 0.2) is 18.2 Å². The van der Waals surface area contributed by atoms with Crippen molar-refractivity contribution in [3.8, 4) is 0 Å². The van der Waals surface area contributed by atoms with Crippen LogP contribution in [0.25, 0.3) is 0 Å². The van der Waals surface area contributed by atoms with Crippen molar-refractivity contribution in [2.75, 3.05) is 18.5 Å². The fourth-order valence-electron chi connectivity index (χ4n) is 1.86. The van der Waals surface area contributed by atoms with E-state index in [4.69, 9.17) is 16.3 Å². The Kier molecular flexibility index (Phi) is 4.92. The van der Waals surface area contributed by atoms with E-state index < -0.39 is 17.6 Å². The van der Waals surface area contributed by atoms with E-state index >= 15 is 0 Å². The highest BCUT2D eigenvalue weighted by atomic mass is 35.5. The molecule has 0 aromatic heterocycles. The molecule has 2 N–H and O–H groups in total. The van der Waals surface area contributed by atoms with Gasteiger partial charge in [0, 0.05) is 18.2 Å². The molecule has 2 rings (SSSR count). The van der Waals surface area contributed by atoms with Crippen LogP contribution in [0.3, 0.4) is 0 Å². The highest BCUT2D eigenvalue weighted by Crippen LogP contribution is 2.18.